The molecule has 0 bridgehead atoms. The van der Waals surface area contributed by atoms with Crippen LogP contribution in [0.5, 0.6) is 0 Å². The van der Waals surface area contributed by atoms with Crippen molar-refractivity contribution in [2.75, 3.05) is 19.6 Å². The van der Waals surface area contributed by atoms with E-state index in [0.29, 0.717) is 13.1 Å². The average Bonchev–Trinajstić information content (AvgIpc) is 3.21. The smallest absolute Gasteiger partial charge is 0.325 e. The van der Waals surface area contributed by atoms with Gasteiger partial charge in [-0.1, -0.05) is 36.8 Å². The van der Waals surface area contributed by atoms with Crippen molar-refractivity contribution in [3.63, 3.8) is 0 Å². The summed E-state index contributed by atoms with van der Waals surface area (Å²) >= 11 is 0. The van der Waals surface area contributed by atoms with E-state index in [1.54, 1.807) is 0 Å². The van der Waals surface area contributed by atoms with Crippen LogP contribution in [0.4, 0.5) is 0 Å². The summed E-state index contributed by atoms with van der Waals surface area (Å²) in [6, 6.07) is 9.21. The van der Waals surface area contributed by atoms with E-state index in [-0.39, 0.29) is 36.9 Å². The van der Waals surface area contributed by atoms with E-state index in [1.807, 2.05) is 30.3 Å². The highest BCUT2D eigenvalue weighted by Gasteiger charge is 2.20. The first kappa shape index (κ1) is 24.1. The molecule has 9 nitrogen and oxygen atoms in total. The van der Waals surface area contributed by atoms with Crippen LogP contribution >= 0.6 is 12.4 Å². The van der Waals surface area contributed by atoms with E-state index < -0.39 is 17.8 Å². The van der Waals surface area contributed by atoms with Gasteiger partial charge in [0.25, 0.3) is 11.8 Å². The Hall–Kier alpha value is -2.91. The predicted octanol–water partition coefficient (Wildman–Crippen LogP) is 1.16. The van der Waals surface area contributed by atoms with Crippen LogP contribution in [0.15, 0.2) is 36.7 Å². The number of nitrogens with two attached hydrogens (primary N) is 1. The lowest BCUT2D eigenvalue weighted by atomic mass is 10.2. The van der Waals surface area contributed by atoms with Crippen molar-refractivity contribution in [1.82, 2.24) is 20.6 Å². The number of benzene rings is 1. The number of hydrogen-bond donors (Lipinski definition) is 4. The van der Waals surface area contributed by atoms with Gasteiger partial charge < -0.3 is 26.1 Å². The fourth-order valence-electron chi connectivity index (χ4n) is 2.40. The third kappa shape index (κ3) is 8.32. The molecule has 0 saturated carbocycles. The van der Waals surface area contributed by atoms with Gasteiger partial charge in [-0.3, -0.25) is 14.4 Å². The van der Waals surface area contributed by atoms with Crippen LogP contribution in [0.2, 0.25) is 0 Å². The summed E-state index contributed by atoms with van der Waals surface area (Å²) in [6.45, 7) is 0.895. The van der Waals surface area contributed by atoms with Gasteiger partial charge in [0.05, 0.1) is 6.33 Å². The zero-order valence-corrected chi connectivity index (χ0v) is 16.8. The van der Waals surface area contributed by atoms with Gasteiger partial charge in [-0.2, -0.15) is 0 Å². The molecule has 0 unspecified atom stereocenters. The zero-order chi connectivity index (χ0) is 20.2. The number of H-pyrrole nitrogens is 1. The lowest BCUT2D eigenvalue weighted by molar-refractivity contribution is -0.143. The molecule has 2 amide bonds. The van der Waals surface area contributed by atoms with Crippen LogP contribution in [0.25, 0.3) is 0 Å². The van der Waals surface area contributed by atoms with Crippen molar-refractivity contribution in [3.8, 4) is 0 Å². The Bertz CT molecular complexity index is 782. The third-order valence-corrected chi connectivity index (χ3v) is 3.88. The van der Waals surface area contributed by atoms with Gasteiger partial charge in [-0.05, 0) is 24.9 Å². The van der Waals surface area contributed by atoms with E-state index in [1.165, 1.54) is 6.33 Å². The summed E-state index contributed by atoms with van der Waals surface area (Å²) < 4.78 is 5.09. The molecule has 0 saturated heterocycles. The molecule has 0 aliphatic rings. The second kappa shape index (κ2) is 13.3. The van der Waals surface area contributed by atoms with Crippen molar-refractivity contribution >= 4 is 30.2 Å². The normalized spacial score (nSPS) is 9.97. The number of carbonyl (C=O) groups excluding carboxylic acids is 3. The molecule has 0 aliphatic carbocycles. The molecule has 1 aromatic heterocycles. The minimum Gasteiger partial charge on any atom is -0.460 e. The first-order chi connectivity index (χ1) is 13.6. The lowest BCUT2D eigenvalue weighted by Crippen LogP contribution is -2.33. The Morgan fingerprint density at radius 1 is 1.03 bits per heavy atom. The monoisotopic (exact) mass is 423 g/mol. The molecule has 29 heavy (non-hydrogen) atoms. The Balaban J connectivity index is 0.00000420. The number of hydrogen-bond acceptors (Lipinski definition) is 6. The maximum atomic E-state index is 12.2. The summed E-state index contributed by atoms with van der Waals surface area (Å²) in [6.07, 6.45) is 3.86. The van der Waals surface area contributed by atoms with Gasteiger partial charge in [0.2, 0.25) is 0 Å². The molecule has 1 heterocycles. The molecule has 0 radical (unpaired) electrons. The topological polar surface area (TPSA) is 139 Å². The molecule has 0 fully saturated rings. The Morgan fingerprint density at radius 3 is 2.52 bits per heavy atom. The molecule has 0 atom stereocenters. The molecular formula is C19H26ClN5O4. The molecule has 2 rings (SSSR count). The molecular weight excluding hydrogens is 398 g/mol. The van der Waals surface area contributed by atoms with Gasteiger partial charge in [-0.15, -0.1) is 12.4 Å². The minimum absolute atomic E-state index is 0. The van der Waals surface area contributed by atoms with Crippen molar-refractivity contribution < 1.29 is 19.1 Å². The summed E-state index contributed by atoms with van der Waals surface area (Å²) in [5.41, 5.74) is 6.24. The number of nitrogens with one attached hydrogen (secondary N) is 3. The first-order valence-electron chi connectivity index (χ1n) is 9.11. The Labute approximate surface area is 175 Å². The van der Waals surface area contributed by atoms with E-state index in [0.717, 1.165) is 24.8 Å². The quantitative estimate of drug-likeness (QED) is 0.316. The first-order valence-corrected chi connectivity index (χ1v) is 9.11. The molecule has 158 valence electrons. The number of carbonyl (C=O) groups is 3. The van der Waals surface area contributed by atoms with Crippen LogP contribution in [-0.4, -0.2) is 47.4 Å². The highest BCUT2D eigenvalue weighted by atomic mass is 35.5. The Morgan fingerprint density at radius 2 is 1.79 bits per heavy atom. The van der Waals surface area contributed by atoms with Gasteiger partial charge in [0.15, 0.2) is 5.69 Å². The molecule has 2 aromatic rings. The molecule has 1 aromatic carbocycles. The minimum atomic E-state index is -0.609. The van der Waals surface area contributed by atoms with Gasteiger partial charge in [0.1, 0.15) is 18.8 Å². The van der Waals surface area contributed by atoms with E-state index >= 15 is 0 Å². The number of ether oxygens (including phenoxy) is 1. The number of esters is 1. The van der Waals surface area contributed by atoms with Crippen LogP contribution in [0.1, 0.15) is 45.8 Å². The van der Waals surface area contributed by atoms with Gasteiger partial charge in [-0.25, -0.2) is 4.98 Å². The van der Waals surface area contributed by atoms with Gasteiger partial charge >= 0.3 is 5.97 Å². The Kier molecular flexibility index (Phi) is 11.1. The fraction of sp³-hybridized carbons (Fsp3) is 0.368. The largest absolute Gasteiger partial charge is 0.460 e. The number of halogens is 1. The van der Waals surface area contributed by atoms with Gasteiger partial charge in [0, 0.05) is 6.54 Å². The number of imidazole rings is 1. The summed E-state index contributed by atoms with van der Waals surface area (Å²) in [4.78, 5) is 42.7. The number of amides is 2. The molecule has 10 heteroatoms. The van der Waals surface area contributed by atoms with E-state index in [4.69, 9.17) is 10.5 Å². The number of rotatable bonds is 11. The van der Waals surface area contributed by atoms with Crippen molar-refractivity contribution in [1.29, 1.82) is 0 Å². The second-order valence-corrected chi connectivity index (χ2v) is 6.06. The van der Waals surface area contributed by atoms with Crippen molar-refractivity contribution in [3.05, 3.63) is 53.6 Å². The maximum absolute atomic E-state index is 12.2. The molecule has 0 aliphatic heterocycles. The highest BCUT2D eigenvalue weighted by Crippen LogP contribution is 2.04. The number of nitrogens with zero attached hydrogens (tertiary/aromatic N) is 1. The molecule has 5 N–H and O–H groups in total. The number of unbranched alkanes of at least 4 members (excludes halogenated alkanes) is 2. The summed E-state index contributed by atoms with van der Waals surface area (Å²) in [5, 5.41) is 5.13. The average molecular weight is 424 g/mol. The standard InChI is InChI=1S/C19H25N5O4.ClH/c20-9-5-2-6-10-21-18(26)16-17(24-13-23-16)19(27)22-11-15(25)28-12-14-7-3-1-4-8-14;/h1,3-4,7-8,13H,2,5-6,9-12,20H2,(H,21,26)(H,22,27)(H,23,24);1H. The number of aromatic nitrogens is 2. The van der Waals surface area contributed by atoms with Crippen molar-refractivity contribution in [2.45, 2.75) is 25.9 Å². The van der Waals surface area contributed by atoms with E-state index in [9.17, 15) is 14.4 Å². The van der Waals surface area contributed by atoms with Crippen LogP contribution in [0.3, 0.4) is 0 Å². The highest BCUT2D eigenvalue weighted by molar-refractivity contribution is 6.05. The SMILES string of the molecule is Cl.NCCCCCNC(=O)c1nc[nH]c1C(=O)NCC(=O)OCc1ccccc1. The van der Waals surface area contributed by atoms with Crippen LogP contribution in [-0.2, 0) is 16.1 Å². The summed E-state index contributed by atoms with van der Waals surface area (Å²) in [5.74, 6) is -1.64. The zero-order valence-electron chi connectivity index (χ0n) is 16.0. The van der Waals surface area contributed by atoms with Crippen LogP contribution < -0.4 is 16.4 Å². The second-order valence-electron chi connectivity index (χ2n) is 6.06. The lowest BCUT2D eigenvalue weighted by Gasteiger charge is -2.07. The predicted molar refractivity (Wildman–Crippen MR) is 110 cm³/mol. The maximum Gasteiger partial charge on any atom is 0.325 e. The van der Waals surface area contributed by atoms with Crippen molar-refractivity contribution in [2.24, 2.45) is 5.73 Å². The summed E-state index contributed by atoms with van der Waals surface area (Å²) in [7, 11) is 0. The number of aromatic amines is 1. The van der Waals surface area contributed by atoms with Crippen LogP contribution in [0, 0.1) is 0 Å². The molecule has 0 spiro atoms. The van der Waals surface area contributed by atoms with E-state index in [2.05, 4.69) is 20.6 Å². The third-order valence-electron chi connectivity index (χ3n) is 3.88. The fourth-order valence-corrected chi connectivity index (χ4v) is 2.40.